The third-order valence-corrected chi connectivity index (χ3v) is 4.26. The van der Waals surface area contributed by atoms with E-state index in [9.17, 15) is 14.7 Å². The molecule has 1 aliphatic rings. The molecule has 0 bridgehead atoms. The van der Waals surface area contributed by atoms with Crippen LogP contribution < -0.4 is 5.73 Å². The SMILES string of the molecule is NCC(=O)N1C(c2ccccc2O)SC[C@H]1C(=O)O. The van der Waals surface area contributed by atoms with Gasteiger partial charge in [0, 0.05) is 11.3 Å². The third kappa shape index (κ3) is 2.52. The molecule has 102 valence electrons. The number of thioether (sulfide) groups is 1. The highest BCUT2D eigenvalue weighted by Crippen LogP contribution is 2.44. The Labute approximate surface area is 114 Å². The maximum absolute atomic E-state index is 11.9. The molecule has 1 unspecified atom stereocenters. The van der Waals surface area contributed by atoms with Crippen LogP contribution in [0.4, 0.5) is 0 Å². The van der Waals surface area contributed by atoms with Crippen LogP contribution in [0.3, 0.4) is 0 Å². The number of amides is 1. The normalized spacial score (nSPS) is 22.5. The maximum atomic E-state index is 11.9. The first-order chi connectivity index (χ1) is 9.06. The molecule has 2 rings (SSSR count). The number of carboxylic acids is 1. The highest BCUT2D eigenvalue weighted by Gasteiger charge is 2.42. The van der Waals surface area contributed by atoms with Gasteiger partial charge in [-0.3, -0.25) is 4.79 Å². The molecule has 0 aliphatic carbocycles. The van der Waals surface area contributed by atoms with Crippen LogP contribution in [0.15, 0.2) is 24.3 Å². The molecule has 1 aromatic rings. The lowest BCUT2D eigenvalue weighted by atomic mass is 10.1. The summed E-state index contributed by atoms with van der Waals surface area (Å²) in [4.78, 5) is 24.3. The van der Waals surface area contributed by atoms with E-state index in [0.29, 0.717) is 5.56 Å². The Morgan fingerprint density at radius 3 is 2.68 bits per heavy atom. The average Bonchev–Trinajstić information content (AvgIpc) is 2.83. The van der Waals surface area contributed by atoms with Crippen molar-refractivity contribution in [3.8, 4) is 5.75 Å². The van der Waals surface area contributed by atoms with Crippen LogP contribution in [0.1, 0.15) is 10.9 Å². The first kappa shape index (κ1) is 13.7. The molecule has 1 aromatic carbocycles. The molecule has 1 amide bonds. The van der Waals surface area contributed by atoms with Crippen molar-refractivity contribution in [1.82, 2.24) is 4.90 Å². The van der Waals surface area contributed by atoms with Crippen molar-refractivity contribution in [3.05, 3.63) is 29.8 Å². The van der Waals surface area contributed by atoms with Crippen LogP contribution in [0, 0.1) is 0 Å². The Hall–Kier alpha value is -1.73. The van der Waals surface area contributed by atoms with Crippen LogP contribution in [0.25, 0.3) is 0 Å². The predicted molar refractivity (Wildman–Crippen MR) is 70.6 cm³/mol. The van der Waals surface area contributed by atoms with Crippen molar-refractivity contribution >= 4 is 23.6 Å². The lowest BCUT2D eigenvalue weighted by Crippen LogP contribution is -2.45. The second-order valence-electron chi connectivity index (χ2n) is 4.10. The van der Waals surface area contributed by atoms with Crippen molar-refractivity contribution in [2.45, 2.75) is 11.4 Å². The molecule has 1 heterocycles. The summed E-state index contributed by atoms with van der Waals surface area (Å²) in [5.41, 5.74) is 5.86. The van der Waals surface area contributed by atoms with Gasteiger partial charge in [0.05, 0.1) is 6.54 Å². The lowest BCUT2D eigenvalue weighted by molar-refractivity contribution is -0.148. The standard InChI is InChI=1S/C12H14N2O4S/c13-5-10(16)14-8(12(17)18)6-19-11(14)7-3-1-2-4-9(7)15/h1-4,8,11,15H,5-6,13H2,(H,17,18)/t8-,11?/m0/s1. The minimum absolute atomic E-state index is 0.0425. The maximum Gasteiger partial charge on any atom is 0.327 e. The number of carbonyl (C=O) groups excluding carboxylic acids is 1. The largest absolute Gasteiger partial charge is 0.508 e. The Balaban J connectivity index is 2.37. The van der Waals surface area contributed by atoms with E-state index in [4.69, 9.17) is 10.8 Å². The number of benzene rings is 1. The number of hydrogen-bond donors (Lipinski definition) is 3. The second-order valence-corrected chi connectivity index (χ2v) is 5.22. The summed E-state index contributed by atoms with van der Waals surface area (Å²) >= 11 is 1.31. The van der Waals surface area contributed by atoms with Gasteiger partial charge in [0.1, 0.15) is 17.2 Å². The highest BCUT2D eigenvalue weighted by molar-refractivity contribution is 7.99. The molecule has 1 aliphatic heterocycles. The minimum atomic E-state index is -1.06. The summed E-state index contributed by atoms with van der Waals surface area (Å²) in [5.74, 6) is -1.18. The van der Waals surface area contributed by atoms with E-state index >= 15 is 0 Å². The van der Waals surface area contributed by atoms with E-state index in [1.807, 2.05) is 0 Å². The van der Waals surface area contributed by atoms with Gasteiger partial charge >= 0.3 is 5.97 Å². The fraction of sp³-hybridized carbons (Fsp3) is 0.333. The molecule has 6 nitrogen and oxygen atoms in total. The third-order valence-electron chi connectivity index (χ3n) is 2.95. The fourth-order valence-electron chi connectivity index (χ4n) is 2.04. The van der Waals surface area contributed by atoms with Crippen molar-refractivity contribution in [2.24, 2.45) is 5.73 Å². The quantitative estimate of drug-likeness (QED) is 0.740. The number of nitrogens with two attached hydrogens (primary N) is 1. The number of phenols is 1. The molecule has 0 aromatic heterocycles. The van der Waals surface area contributed by atoms with Gasteiger partial charge < -0.3 is 20.8 Å². The fourth-order valence-corrected chi connectivity index (χ4v) is 3.51. The van der Waals surface area contributed by atoms with Gasteiger partial charge in [0.2, 0.25) is 5.91 Å². The number of rotatable bonds is 3. The highest BCUT2D eigenvalue weighted by atomic mass is 32.2. The zero-order valence-electron chi connectivity index (χ0n) is 10.0. The molecule has 0 spiro atoms. The molecular formula is C12H14N2O4S. The molecular weight excluding hydrogens is 268 g/mol. The van der Waals surface area contributed by atoms with E-state index in [-0.39, 0.29) is 18.0 Å². The molecule has 0 radical (unpaired) electrons. The summed E-state index contributed by atoms with van der Waals surface area (Å²) in [5, 5.41) is 18.5. The molecule has 4 N–H and O–H groups in total. The van der Waals surface area contributed by atoms with Gasteiger partial charge in [-0.25, -0.2) is 4.79 Å². The average molecular weight is 282 g/mol. The van der Waals surface area contributed by atoms with Gasteiger partial charge in [-0.1, -0.05) is 18.2 Å². The van der Waals surface area contributed by atoms with Crippen molar-refractivity contribution < 1.29 is 19.8 Å². The van der Waals surface area contributed by atoms with Gasteiger partial charge in [0.25, 0.3) is 0 Å². The Morgan fingerprint density at radius 1 is 1.42 bits per heavy atom. The molecule has 19 heavy (non-hydrogen) atoms. The van der Waals surface area contributed by atoms with Gasteiger partial charge in [-0.15, -0.1) is 11.8 Å². The van der Waals surface area contributed by atoms with Crippen LogP contribution >= 0.6 is 11.8 Å². The summed E-state index contributed by atoms with van der Waals surface area (Å²) < 4.78 is 0. The summed E-state index contributed by atoms with van der Waals surface area (Å²) in [7, 11) is 0. The van der Waals surface area contributed by atoms with E-state index in [2.05, 4.69) is 0 Å². The van der Waals surface area contributed by atoms with Crippen molar-refractivity contribution in [2.75, 3.05) is 12.3 Å². The predicted octanol–water partition coefficient (Wildman–Crippen LogP) is 0.378. The van der Waals surface area contributed by atoms with Gasteiger partial charge in [-0.2, -0.15) is 0 Å². The van der Waals surface area contributed by atoms with Crippen molar-refractivity contribution in [1.29, 1.82) is 0 Å². The molecule has 0 saturated carbocycles. The molecule has 7 heteroatoms. The summed E-state index contributed by atoms with van der Waals surface area (Å²) in [6, 6.07) is 5.67. The number of aromatic hydroxyl groups is 1. The van der Waals surface area contributed by atoms with Crippen molar-refractivity contribution in [3.63, 3.8) is 0 Å². The first-order valence-electron chi connectivity index (χ1n) is 5.69. The number of phenolic OH excluding ortho intramolecular Hbond substituents is 1. The second kappa shape index (κ2) is 5.50. The van der Waals surface area contributed by atoms with Crippen LogP contribution in [-0.4, -0.2) is 45.3 Å². The lowest BCUT2D eigenvalue weighted by Gasteiger charge is -2.27. The van der Waals surface area contributed by atoms with E-state index in [1.165, 1.54) is 22.7 Å². The smallest absolute Gasteiger partial charge is 0.327 e. The first-order valence-corrected chi connectivity index (χ1v) is 6.74. The monoisotopic (exact) mass is 282 g/mol. The van der Waals surface area contributed by atoms with Gasteiger partial charge in [0.15, 0.2) is 0 Å². The number of carbonyl (C=O) groups is 2. The Bertz CT molecular complexity index is 508. The Kier molecular flexibility index (Phi) is 3.96. The number of para-hydroxylation sites is 1. The molecule has 1 saturated heterocycles. The van der Waals surface area contributed by atoms with Crippen LogP contribution in [0.2, 0.25) is 0 Å². The van der Waals surface area contributed by atoms with E-state index in [1.54, 1.807) is 18.2 Å². The molecule has 2 atom stereocenters. The topological polar surface area (TPSA) is 104 Å². The number of carboxylic acid groups (broad SMARTS) is 1. The zero-order chi connectivity index (χ0) is 14.0. The van der Waals surface area contributed by atoms with E-state index < -0.39 is 23.3 Å². The molecule has 1 fully saturated rings. The number of nitrogens with zero attached hydrogens (tertiary/aromatic N) is 1. The minimum Gasteiger partial charge on any atom is -0.508 e. The zero-order valence-corrected chi connectivity index (χ0v) is 10.8. The van der Waals surface area contributed by atoms with Gasteiger partial charge in [-0.05, 0) is 6.07 Å². The number of aliphatic carboxylic acids is 1. The number of hydrogen-bond acceptors (Lipinski definition) is 5. The van der Waals surface area contributed by atoms with Crippen LogP contribution in [-0.2, 0) is 9.59 Å². The summed E-state index contributed by atoms with van der Waals surface area (Å²) in [6.07, 6.45) is 0. The summed E-state index contributed by atoms with van der Waals surface area (Å²) in [6.45, 7) is -0.256. The van der Waals surface area contributed by atoms with Crippen LogP contribution in [0.5, 0.6) is 5.75 Å². The Morgan fingerprint density at radius 2 is 2.11 bits per heavy atom. The van der Waals surface area contributed by atoms with E-state index in [0.717, 1.165) is 0 Å².